The zero-order valence-electron chi connectivity index (χ0n) is 11.7. The van der Waals surface area contributed by atoms with Crippen molar-refractivity contribution in [2.45, 2.75) is 38.4 Å². The first-order valence-electron chi connectivity index (χ1n) is 6.74. The summed E-state index contributed by atoms with van der Waals surface area (Å²) in [6.45, 7) is 0.795. The van der Waals surface area contributed by atoms with E-state index in [-0.39, 0.29) is 25.0 Å². The summed E-state index contributed by atoms with van der Waals surface area (Å²) in [7, 11) is 0. The molecule has 1 aliphatic rings. The molecule has 0 N–H and O–H groups in total. The average molecular weight is 306 g/mol. The van der Waals surface area contributed by atoms with Crippen LogP contribution >= 0.6 is 0 Å². The van der Waals surface area contributed by atoms with Crippen molar-refractivity contribution in [1.82, 2.24) is 10.1 Å². The Kier molecular flexibility index (Phi) is 4.87. The Morgan fingerprint density at radius 3 is 2.95 bits per heavy atom. The van der Waals surface area contributed by atoms with Gasteiger partial charge in [-0.05, 0) is 19.8 Å². The number of likely N-dealkylation sites (tertiary alicyclic amines) is 1. The number of aromatic nitrogens is 1. The van der Waals surface area contributed by atoms with E-state index >= 15 is 0 Å². The lowest BCUT2D eigenvalue weighted by Crippen LogP contribution is -2.31. The van der Waals surface area contributed by atoms with Gasteiger partial charge >= 0.3 is 6.18 Å². The lowest BCUT2D eigenvalue weighted by Gasteiger charge is -2.22. The first-order valence-corrected chi connectivity index (χ1v) is 6.74. The molecular weight excluding hydrogens is 289 g/mol. The number of ether oxygens (including phenoxy) is 1. The molecule has 2 rings (SSSR count). The Morgan fingerprint density at radius 1 is 1.57 bits per heavy atom. The Hall–Kier alpha value is -1.57. The largest absolute Gasteiger partial charge is 0.411 e. The Balaban J connectivity index is 1.84. The first-order chi connectivity index (χ1) is 9.87. The van der Waals surface area contributed by atoms with Crippen LogP contribution in [0.15, 0.2) is 10.6 Å². The van der Waals surface area contributed by atoms with E-state index in [1.165, 1.54) is 0 Å². The number of amides is 1. The van der Waals surface area contributed by atoms with Gasteiger partial charge in [0.25, 0.3) is 0 Å². The van der Waals surface area contributed by atoms with Crippen molar-refractivity contribution in [3.8, 4) is 0 Å². The number of halogens is 3. The minimum absolute atomic E-state index is 0.0697. The fourth-order valence-electron chi connectivity index (χ4n) is 2.39. The predicted molar refractivity (Wildman–Crippen MR) is 66.4 cm³/mol. The van der Waals surface area contributed by atoms with Gasteiger partial charge in [-0.15, -0.1) is 0 Å². The van der Waals surface area contributed by atoms with Crippen molar-refractivity contribution in [1.29, 1.82) is 0 Å². The number of alkyl halides is 3. The number of nitrogens with zero attached hydrogens (tertiary/aromatic N) is 2. The molecule has 0 radical (unpaired) electrons. The highest BCUT2D eigenvalue weighted by molar-refractivity contribution is 5.77. The summed E-state index contributed by atoms with van der Waals surface area (Å²) in [5.41, 5.74) is 0.734. The number of hydrogen-bond acceptors (Lipinski definition) is 4. The fraction of sp³-hybridized carbons (Fsp3) is 0.692. The molecule has 0 bridgehead atoms. The molecule has 21 heavy (non-hydrogen) atoms. The van der Waals surface area contributed by atoms with Crippen LogP contribution in [0.4, 0.5) is 13.2 Å². The molecule has 1 amide bonds. The molecule has 5 nitrogen and oxygen atoms in total. The molecule has 0 spiro atoms. The number of aryl methyl sites for hydroxylation is 1. The summed E-state index contributed by atoms with van der Waals surface area (Å²) in [6.07, 6.45) is -2.83. The second kappa shape index (κ2) is 6.46. The maximum atomic E-state index is 12.1. The predicted octanol–water partition coefficient (Wildman–Crippen LogP) is 2.62. The van der Waals surface area contributed by atoms with E-state index in [0.717, 1.165) is 18.5 Å². The summed E-state index contributed by atoms with van der Waals surface area (Å²) in [6, 6.07) is 1.59. The van der Waals surface area contributed by atoms with Gasteiger partial charge in [-0.25, -0.2) is 0 Å². The number of hydrogen-bond donors (Lipinski definition) is 0. The van der Waals surface area contributed by atoms with Crippen molar-refractivity contribution >= 4 is 5.91 Å². The summed E-state index contributed by atoms with van der Waals surface area (Å²) in [4.78, 5) is 13.7. The standard InChI is InChI=1S/C13H17F3N2O3/c1-9-7-11(21-17-9)10-3-2-5-18(10)12(19)4-6-20-8-13(14,15)16/h7,10H,2-6,8H2,1H3/t10-/m1/s1. The molecule has 1 aliphatic heterocycles. The molecule has 1 aromatic heterocycles. The monoisotopic (exact) mass is 306 g/mol. The molecule has 2 heterocycles. The third kappa shape index (κ3) is 4.45. The highest BCUT2D eigenvalue weighted by Crippen LogP contribution is 2.32. The third-order valence-corrected chi connectivity index (χ3v) is 3.27. The Labute approximate surface area is 120 Å². The highest BCUT2D eigenvalue weighted by atomic mass is 19.4. The van der Waals surface area contributed by atoms with E-state index in [2.05, 4.69) is 9.89 Å². The lowest BCUT2D eigenvalue weighted by molar-refractivity contribution is -0.175. The minimum Gasteiger partial charge on any atom is -0.372 e. The molecule has 0 aromatic carbocycles. The number of carbonyl (C=O) groups excluding carboxylic acids is 1. The van der Waals surface area contributed by atoms with Crippen LogP contribution in [0.2, 0.25) is 0 Å². The van der Waals surface area contributed by atoms with Gasteiger partial charge in [0.2, 0.25) is 5.91 Å². The SMILES string of the molecule is Cc1cc([C@H]2CCCN2C(=O)CCOCC(F)(F)F)on1. The fourth-order valence-corrected chi connectivity index (χ4v) is 2.39. The normalized spacial score (nSPS) is 19.2. The second-order valence-electron chi connectivity index (χ2n) is 5.03. The molecular formula is C13H17F3N2O3. The van der Waals surface area contributed by atoms with Crippen LogP contribution in [0.1, 0.15) is 36.8 Å². The van der Waals surface area contributed by atoms with Crippen molar-refractivity contribution in [3.05, 3.63) is 17.5 Å². The molecule has 118 valence electrons. The summed E-state index contributed by atoms with van der Waals surface area (Å²) >= 11 is 0. The quantitative estimate of drug-likeness (QED) is 0.785. The van der Waals surface area contributed by atoms with Gasteiger partial charge in [-0.1, -0.05) is 5.16 Å². The maximum Gasteiger partial charge on any atom is 0.411 e. The second-order valence-corrected chi connectivity index (χ2v) is 5.03. The smallest absolute Gasteiger partial charge is 0.372 e. The summed E-state index contributed by atoms with van der Waals surface area (Å²) in [5, 5.41) is 3.79. The Bertz CT molecular complexity index is 487. The van der Waals surface area contributed by atoms with Gasteiger partial charge in [0.1, 0.15) is 6.61 Å². The maximum absolute atomic E-state index is 12.1. The van der Waals surface area contributed by atoms with E-state index < -0.39 is 12.8 Å². The van der Waals surface area contributed by atoms with E-state index in [9.17, 15) is 18.0 Å². The minimum atomic E-state index is -4.36. The van der Waals surface area contributed by atoms with Crippen molar-refractivity contribution < 1.29 is 27.2 Å². The molecule has 8 heteroatoms. The highest BCUT2D eigenvalue weighted by Gasteiger charge is 2.32. The van der Waals surface area contributed by atoms with Crippen LogP contribution in [-0.4, -0.2) is 41.9 Å². The van der Waals surface area contributed by atoms with Crippen LogP contribution in [0.3, 0.4) is 0 Å². The van der Waals surface area contributed by atoms with Crippen molar-refractivity contribution in [2.24, 2.45) is 0 Å². The third-order valence-electron chi connectivity index (χ3n) is 3.27. The topological polar surface area (TPSA) is 55.6 Å². The van der Waals surface area contributed by atoms with Gasteiger partial charge in [-0.2, -0.15) is 13.2 Å². The summed E-state index contributed by atoms with van der Waals surface area (Å²) < 4.78 is 45.4. The summed E-state index contributed by atoms with van der Waals surface area (Å²) in [5.74, 6) is 0.392. The molecule has 0 saturated carbocycles. The lowest BCUT2D eigenvalue weighted by atomic mass is 10.1. The average Bonchev–Trinajstić information content (AvgIpc) is 3.01. The van der Waals surface area contributed by atoms with Crippen molar-refractivity contribution in [2.75, 3.05) is 19.8 Å². The van der Waals surface area contributed by atoms with Crippen LogP contribution in [0.5, 0.6) is 0 Å². The Morgan fingerprint density at radius 2 is 2.33 bits per heavy atom. The number of carbonyl (C=O) groups is 1. The van der Waals surface area contributed by atoms with Gasteiger partial charge in [0, 0.05) is 12.6 Å². The molecule has 1 atom stereocenters. The van der Waals surface area contributed by atoms with E-state index in [1.54, 1.807) is 17.9 Å². The van der Waals surface area contributed by atoms with Gasteiger partial charge < -0.3 is 14.2 Å². The van der Waals surface area contributed by atoms with Crippen LogP contribution in [0.25, 0.3) is 0 Å². The van der Waals surface area contributed by atoms with Gasteiger partial charge in [-0.3, -0.25) is 4.79 Å². The van der Waals surface area contributed by atoms with E-state index in [4.69, 9.17) is 4.52 Å². The van der Waals surface area contributed by atoms with Gasteiger partial charge in [0.05, 0.1) is 24.8 Å². The zero-order chi connectivity index (χ0) is 15.5. The van der Waals surface area contributed by atoms with Crippen LogP contribution < -0.4 is 0 Å². The van der Waals surface area contributed by atoms with Crippen LogP contribution in [0, 0.1) is 6.92 Å². The van der Waals surface area contributed by atoms with E-state index in [1.807, 2.05) is 0 Å². The van der Waals surface area contributed by atoms with Crippen molar-refractivity contribution in [3.63, 3.8) is 0 Å². The molecule has 0 aliphatic carbocycles. The molecule has 1 saturated heterocycles. The molecule has 1 fully saturated rings. The first kappa shape index (κ1) is 15.8. The molecule has 1 aromatic rings. The van der Waals surface area contributed by atoms with Crippen LogP contribution in [-0.2, 0) is 9.53 Å². The zero-order valence-corrected chi connectivity index (χ0v) is 11.7. The van der Waals surface area contributed by atoms with E-state index in [0.29, 0.717) is 12.3 Å². The van der Waals surface area contributed by atoms with Gasteiger partial charge in [0.15, 0.2) is 5.76 Å². The molecule has 0 unspecified atom stereocenters. The number of rotatable bonds is 5.